The van der Waals surface area contributed by atoms with Crippen molar-refractivity contribution in [1.29, 1.82) is 0 Å². The summed E-state index contributed by atoms with van der Waals surface area (Å²) >= 11 is 0. The van der Waals surface area contributed by atoms with Gasteiger partial charge in [-0.05, 0) is 50.8 Å². The largest absolute Gasteiger partial charge is 0.310 e. The minimum atomic E-state index is 0.492. The Morgan fingerprint density at radius 3 is 2.60 bits per heavy atom. The van der Waals surface area contributed by atoms with Gasteiger partial charge >= 0.3 is 0 Å². The molecule has 112 valence electrons. The van der Waals surface area contributed by atoms with E-state index in [4.69, 9.17) is 0 Å². The average molecular weight is 274 g/mol. The molecule has 1 aromatic rings. The Kier molecular flexibility index (Phi) is 6.03. The van der Waals surface area contributed by atoms with Crippen LogP contribution in [0.4, 0.5) is 0 Å². The first-order valence-corrected chi connectivity index (χ1v) is 8.38. The highest BCUT2D eigenvalue weighted by molar-refractivity contribution is 5.25. The van der Waals surface area contributed by atoms with Gasteiger partial charge in [-0.2, -0.15) is 0 Å². The molecule has 1 N–H and O–H groups in total. The third-order valence-corrected chi connectivity index (χ3v) is 4.58. The van der Waals surface area contributed by atoms with Crippen molar-refractivity contribution in [3.8, 4) is 0 Å². The van der Waals surface area contributed by atoms with Crippen LogP contribution in [-0.2, 0) is 0 Å². The number of nitrogens with zero attached hydrogens (tertiary/aromatic N) is 1. The molecule has 1 aliphatic rings. The summed E-state index contributed by atoms with van der Waals surface area (Å²) in [5.41, 5.74) is 3.74. The fourth-order valence-corrected chi connectivity index (χ4v) is 3.46. The molecular weight excluding hydrogens is 244 g/mol. The van der Waals surface area contributed by atoms with Crippen molar-refractivity contribution in [2.24, 2.45) is 5.92 Å². The lowest BCUT2D eigenvalue weighted by atomic mass is 9.83. The SMILES string of the molecule is CCCNC(CC1CCCCC1)c1ccc(C)nc1C. The molecule has 20 heavy (non-hydrogen) atoms. The van der Waals surface area contributed by atoms with Gasteiger partial charge in [0.1, 0.15) is 0 Å². The minimum Gasteiger partial charge on any atom is -0.310 e. The number of rotatable bonds is 6. The van der Waals surface area contributed by atoms with Gasteiger partial charge in [0.15, 0.2) is 0 Å². The van der Waals surface area contributed by atoms with E-state index in [1.807, 2.05) is 0 Å². The first-order valence-electron chi connectivity index (χ1n) is 8.38. The van der Waals surface area contributed by atoms with Gasteiger partial charge in [-0.1, -0.05) is 45.1 Å². The second-order valence-corrected chi connectivity index (χ2v) is 6.37. The molecule has 2 nitrogen and oxygen atoms in total. The molecule has 2 rings (SSSR count). The molecule has 1 aromatic heterocycles. The summed E-state index contributed by atoms with van der Waals surface area (Å²) < 4.78 is 0. The Morgan fingerprint density at radius 2 is 1.95 bits per heavy atom. The maximum atomic E-state index is 4.66. The molecule has 0 saturated heterocycles. The lowest BCUT2D eigenvalue weighted by Crippen LogP contribution is -2.26. The molecule has 0 spiro atoms. The summed E-state index contributed by atoms with van der Waals surface area (Å²) in [5.74, 6) is 0.902. The van der Waals surface area contributed by atoms with Crippen LogP contribution in [0.3, 0.4) is 0 Å². The standard InChI is InChI=1S/C18H30N2/c1-4-12-19-18(13-16-8-6-5-7-9-16)17-11-10-14(2)20-15(17)3/h10-11,16,18-19H,4-9,12-13H2,1-3H3. The van der Waals surface area contributed by atoms with Crippen LogP contribution in [0.1, 0.15) is 74.9 Å². The highest BCUT2D eigenvalue weighted by atomic mass is 14.9. The van der Waals surface area contributed by atoms with Crippen molar-refractivity contribution in [2.45, 2.75) is 71.8 Å². The van der Waals surface area contributed by atoms with Gasteiger partial charge in [0.25, 0.3) is 0 Å². The van der Waals surface area contributed by atoms with E-state index in [-0.39, 0.29) is 0 Å². The summed E-state index contributed by atoms with van der Waals surface area (Å²) in [5, 5.41) is 3.75. The molecule has 1 saturated carbocycles. The Morgan fingerprint density at radius 1 is 1.20 bits per heavy atom. The number of aryl methyl sites for hydroxylation is 2. The number of nitrogens with one attached hydrogen (secondary N) is 1. The van der Waals surface area contributed by atoms with Gasteiger partial charge in [-0.3, -0.25) is 4.98 Å². The van der Waals surface area contributed by atoms with Gasteiger partial charge in [-0.25, -0.2) is 0 Å². The number of hydrogen-bond acceptors (Lipinski definition) is 2. The van der Waals surface area contributed by atoms with Crippen LogP contribution in [0.5, 0.6) is 0 Å². The Labute approximate surface area is 124 Å². The average Bonchev–Trinajstić information content (AvgIpc) is 2.45. The highest BCUT2D eigenvalue weighted by Crippen LogP contribution is 2.32. The zero-order valence-corrected chi connectivity index (χ0v) is 13.4. The summed E-state index contributed by atoms with van der Waals surface area (Å²) in [7, 11) is 0. The van der Waals surface area contributed by atoms with Crippen LogP contribution in [0.25, 0.3) is 0 Å². The molecule has 0 radical (unpaired) electrons. The van der Waals surface area contributed by atoms with Crippen LogP contribution in [0, 0.1) is 19.8 Å². The lowest BCUT2D eigenvalue weighted by molar-refractivity contribution is 0.299. The first-order chi connectivity index (χ1) is 9.70. The van der Waals surface area contributed by atoms with Crippen LogP contribution >= 0.6 is 0 Å². The maximum absolute atomic E-state index is 4.66. The number of aromatic nitrogens is 1. The van der Waals surface area contributed by atoms with Crippen molar-refractivity contribution in [3.63, 3.8) is 0 Å². The molecule has 1 aliphatic carbocycles. The molecule has 0 bridgehead atoms. The second kappa shape index (κ2) is 7.78. The van der Waals surface area contributed by atoms with Gasteiger partial charge in [0.05, 0.1) is 0 Å². The molecule has 1 unspecified atom stereocenters. The van der Waals surface area contributed by atoms with E-state index in [1.54, 1.807) is 0 Å². The second-order valence-electron chi connectivity index (χ2n) is 6.37. The topological polar surface area (TPSA) is 24.9 Å². The first kappa shape index (κ1) is 15.5. The molecular formula is C18H30N2. The molecule has 2 heteroatoms. The van der Waals surface area contributed by atoms with E-state index in [2.05, 4.69) is 43.2 Å². The summed E-state index contributed by atoms with van der Waals surface area (Å²) in [6, 6.07) is 4.93. The Hall–Kier alpha value is -0.890. The van der Waals surface area contributed by atoms with Crippen molar-refractivity contribution in [2.75, 3.05) is 6.54 Å². The quantitative estimate of drug-likeness (QED) is 0.812. The Bertz CT molecular complexity index is 408. The Balaban J connectivity index is 2.08. The van der Waals surface area contributed by atoms with E-state index in [9.17, 15) is 0 Å². The maximum Gasteiger partial charge on any atom is 0.0423 e. The van der Waals surface area contributed by atoms with Crippen LogP contribution in [0.15, 0.2) is 12.1 Å². The fourth-order valence-electron chi connectivity index (χ4n) is 3.46. The van der Waals surface area contributed by atoms with Crippen LogP contribution in [-0.4, -0.2) is 11.5 Å². The van der Waals surface area contributed by atoms with Gasteiger partial charge in [-0.15, -0.1) is 0 Å². The molecule has 0 aliphatic heterocycles. The number of hydrogen-bond donors (Lipinski definition) is 1. The monoisotopic (exact) mass is 274 g/mol. The van der Waals surface area contributed by atoms with E-state index in [1.165, 1.54) is 56.2 Å². The molecule has 0 amide bonds. The van der Waals surface area contributed by atoms with Gasteiger partial charge in [0.2, 0.25) is 0 Å². The lowest BCUT2D eigenvalue weighted by Gasteiger charge is -2.28. The molecule has 1 atom stereocenters. The van der Waals surface area contributed by atoms with E-state index >= 15 is 0 Å². The fraction of sp³-hybridized carbons (Fsp3) is 0.722. The molecule has 1 heterocycles. The number of pyridine rings is 1. The van der Waals surface area contributed by atoms with Gasteiger partial charge in [0, 0.05) is 17.4 Å². The third kappa shape index (κ3) is 4.31. The normalized spacial score (nSPS) is 18.1. The van der Waals surface area contributed by atoms with E-state index in [0.29, 0.717) is 6.04 Å². The van der Waals surface area contributed by atoms with Crippen molar-refractivity contribution < 1.29 is 0 Å². The summed E-state index contributed by atoms with van der Waals surface area (Å²) in [4.78, 5) is 4.66. The minimum absolute atomic E-state index is 0.492. The van der Waals surface area contributed by atoms with Crippen molar-refractivity contribution in [1.82, 2.24) is 10.3 Å². The van der Waals surface area contributed by atoms with Gasteiger partial charge < -0.3 is 5.32 Å². The van der Waals surface area contributed by atoms with E-state index in [0.717, 1.165) is 18.2 Å². The van der Waals surface area contributed by atoms with Crippen molar-refractivity contribution in [3.05, 3.63) is 29.1 Å². The van der Waals surface area contributed by atoms with Crippen LogP contribution in [0.2, 0.25) is 0 Å². The smallest absolute Gasteiger partial charge is 0.0423 e. The molecule has 0 aromatic carbocycles. The third-order valence-electron chi connectivity index (χ3n) is 4.58. The molecule has 1 fully saturated rings. The predicted octanol–water partition coefficient (Wildman–Crippen LogP) is 4.71. The predicted molar refractivity (Wildman–Crippen MR) is 85.9 cm³/mol. The zero-order chi connectivity index (χ0) is 14.4. The van der Waals surface area contributed by atoms with E-state index < -0.39 is 0 Å². The zero-order valence-electron chi connectivity index (χ0n) is 13.4. The van der Waals surface area contributed by atoms with Crippen molar-refractivity contribution >= 4 is 0 Å². The summed E-state index contributed by atoms with van der Waals surface area (Å²) in [6.07, 6.45) is 9.61. The highest BCUT2D eigenvalue weighted by Gasteiger charge is 2.21. The summed E-state index contributed by atoms with van der Waals surface area (Å²) in [6.45, 7) is 7.58. The van der Waals surface area contributed by atoms with Crippen LogP contribution < -0.4 is 5.32 Å².